The van der Waals surface area contributed by atoms with Crippen LogP contribution in [0.2, 0.25) is 5.02 Å². The van der Waals surface area contributed by atoms with Gasteiger partial charge in [0.2, 0.25) is 0 Å². The summed E-state index contributed by atoms with van der Waals surface area (Å²) in [5.74, 6) is -1.62. The normalized spacial score (nSPS) is 12.4. The average molecular weight is 314 g/mol. The van der Waals surface area contributed by atoms with E-state index >= 15 is 0 Å². The van der Waals surface area contributed by atoms with Gasteiger partial charge in [0.25, 0.3) is 0 Å². The Morgan fingerprint density at radius 3 is 2.33 bits per heavy atom. The lowest BCUT2D eigenvalue weighted by Gasteiger charge is -2.15. The Bertz CT molecular complexity index is 611. The lowest BCUT2D eigenvalue weighted by molar-refractivity contribution is 0.492. The molecule has 1 atom stereocenters. The Hall–Kier alpha value is -1.52. The van der Waals surface area contributed by atoms with E-state index in [1.165, 1.54) is 24.3 Å². The fourth-order valence-corrected chi connectivity index (χ4v) is 2.27. The van der Waals surface area contributed by atoms with Crippen molar-refractivity contribution in [1.29, 1.82) is 0 Å². The predicted octanol–water partition coefficient (Wildman–Crippen LogP) is 4.48. The highest BCUT2D eigenvalue weighted by molar-refractivity contribution is 6.30. The Morgan fingerprint density at radius 1 is 1.05 bits per heavy atom. The van der Waals surface area contributed by atoms with Gasteiger partial charge in [-0.2, -0.15) is 0 Å². The molecule has 1 nitrogen and oxygen atoms in total. The lowest BCUT2D eigenvalue weighted by Crippen LogP contribution is -2.28. The minimum Gasteiger partial charge on any atom is -0.310 e. The first-order valence-electron chi connectivity index (χ1n) is 6.58. The van der Waals surface area contributed by atoms with Gasteiger partial charge < -0.3 is 5.32 Å². The summed E-state index contributed by atoms with van der Waals surface area (Å²) in [7, 11) is 0. The highest BCUT2D eigenvalue weighted by atomic mass is 35.5. The van der Waals surface area contributed by atoms with Gasteiger partial charge in [0, 0.05) is 23.7 Å². The van der Waals surface area contributed by atoms with Gasteiger partial charge in [-0.05, 0) is 31.5 Å². The molecular formula is C16H15ClF3N. The summed E-state index contributed by atoms with van der Waals surface area (Å²) in [6, 6.07) is 8.30. The number of nitrogens with one attached hydrogen (secondary N) is 1. The van der Waals surface area contributed by atoms with Crippen LogP contribution >= 0.6 is 11.6 Å². The van der Waals surface area contributed by atoms with Crippen LogP contribution in [0.1, 0.15) is 18.1 Å². The van der Waals surface area contributed by atoms with E-state index in [4.69, 9.17) is 11.6 Å². The zero-order chi connectivity index (χ0) is 15.4. The molecule has 0 aliphatic heterocycles. The number of hydrogen-bond donors (Lipinski definition) is 1. The second-order valence-corrected chi connectivity index (χ2v) is 5.31. The van der Waals surface area contributed by atoms with Gasteiger partial charge in [-0.1, -0.05) is 29.8 Å². The standard InChI is InChI=1S/C16H15ClF3N/c1-10(8-12-14(18)6-3-7-15(12)19)21-9-11-4-2-5-13(17)16(11)20/h2-7,10,21H,8-9H2,1H3. The first-order chi connectivity index (χ1) is 9.99. The maximum atomic E-state index is 13.7. The summed E-state index contributed by atoms with van der Waals surface area (Å²) < 4.78 is 40.8. The molecule has 2 aromatic carbocycles. The second kappa shape index (κ2) is 6.96. The molecule has 0 aromatic heterocycles. The van der Waals surface area contributed by atoms with Crippen molar-refractivity contribution in [3.8, 4) is 0 Å². The van der Waals surface area contributed by atoms with Crippen molar-refractivity contribution in [3.05, 3.63) is 70.0 Å². The highest BCUT2D eigenvalue weighted by Gasteiger charge is 2.13. The van der Waals surface area contributed by atoms with Crippen molar-refractivity contribution < 1.29 is 13.2 Å². The summed E-state index contributed by atoms with van der Waals surface area (Å²) >= 11 is 5.70. The molecule has 5 heteroatoms. The van der Waals surface area contributed by atoms with E-state index < -0.39 is 17.5 Å². The van der Waals surface area contributed by atoms with E-state index in [0.29, 0.717) is 5.56 Å². The SMILES string of the molecule is CC(Cc1c(F)cccc1F)NCc1cccc(Cl)c1F. The highest BCUT2D eigenvalue weighted by Crippen LogP contribution is 2.18. The fraction of sp³-hybridized carbons (Fsp3) is 0.250. The molecule has 0 spiro atoms. The summed E-state index contributed by atoms with van der Waals surface area (Å²) in [5, 5.41) is 3.10. The van der Waals surface area contributed by atoms with E-state index in [0.717, 1.165) is 0 Å². The van der Waals surface area contributed by atoms with Crippen LogP contribution in [0.4, 0.5) is 13.2 Å². The van der Waals surface area contributed by atoms with E-state index in [1.54, 1.807) is 19.1 Å². The van der Waals surface area contributed by atoms with Crippen molar-refractivity contribution in [2.24, 2.45) is 0 Å². The smallest absolute Gasteiger partial charge is 0.146 e. The van der Waals surface area contributed by atoms with Gasteiger partial charge >= 0.3 is 0 Å². The van der Waals surface area contributed by atoms with Crippen molar-refractivity contribution in [2.75, 3.05) is 0 Å². The molecule has 0 heterocycles. The van der Waals surface area contributed by atoms with Crippen LogP contribution in [0.5, 0.6) is 0 Å². The molecule has 2 aromatic rings. The molecule has 0 radical (unpaired) electrons. The summed E-state index contributed by atoms with van der Waals surface area (Å²) in [5.41, 5.74) is 0.451. The quantitative estimate of drug-likeness (QED) is 0.858. The first kappa shape index (κ1) is 15.9. The van der Waals surface area contributed by atoms with Gasteiger partial charge in [0.1, 0.15) is 17.5 Å². The van der Waals surface area contributed by atoms with E-state index in [9.17, 15) is 13.2 Å². The van der Waals surface area contributed by atoms with Crippen LogP contribution in [0.15, 0.2) is 36.4 Å². The zero-order valence-electron chi connectivity index (χ0n) is 11.5. The fourth-order valence-electron chi connectivity index (χ4n) is 2.07. The number of benzene rings is 2. The molecular weight excluding hydrogens is 299 g/mol. The minimum absolute atomic E-state index is 0.0315. The number of hydrogen-bond acceptors (Lipinski definition) is 1. The minimum atomic E-state index is -0.572. The molecule has 1 unspecified atom stereocenters. The van der Waals surface area contributed by atoms with E-state index in [2.05, 4.69) is 5.32 Å². The summed E-state index contributed by atoms with van der Waals surface area (Å²) in [6.45, 7) is 2.03. The molecule has 112 valence electrons. The molecule has 0 bridgehead atoms. The van der Waals surface area contributed by atoms with Crippen LogP contribution in [-0.4, -0.2) is 6.04 Å². The zero-order valence-corrected chi connectivity index (χ0v) is 12.2. The molecule has 0 saturated carbocycles. The third kappa shape index (κ3) is 3.99. The maximum Gasteiger partial charge on any atom is 0.146 e. The first-order valence-corrected chi connectivity index (χ1v) is 6.96. The van der Waals surface area contributed by atoms with Crippen molar-refractivity contribution >= 4 is 11.6 Å². The Morgan fingerprint density at radius 2 is 1.67 bits per heavy atom. The van der Waals surface area contributed by atoms with Crippen LogP contribution in [0.3, 0.4) is 0 Å². The van der Waals surface area contributed by atoms with E-state index in [-0.39, 0.29) is 29.6 Å². The molecule has 0 saturated heterocycles. The molecule has 0 amide bonds. The predicted molar refractivity (Wildman–Crippen MR) is 77.8 cm³/mol. The van der Waals surface area contributed by atoms with Gasteiger partial charge in [-0.3, -0.25) is 0 Å². The maximum absolute atomic E-state index is 13.7. The Balaban J connectivity index is 1.99. The van der Waals surface area contributed by atoms with Crippen LogP contribution in [0.25, 0.3) is 0 Å². The Kier molecular flexibility index (Phi) is 5.26. The monoisotopic (exact) mass is 313 g/mol. The average Bonchev–Trinajstić information content (AvgIpc) is 2.45. The lowest BCUT2D eigenvalue weighted by atomic mass is 10.1. The number of rotatable bonds is 5. The Labute approximate surface area is 126 Å². The number of halogens is 4. The second-order valence-electron chi connectivity index (χ2n) is 4.90. The molecule has 0 aliphatic carbocycles. The van der Waals surface area contributed by atoms with Crippen LogP contribution < -0.4 is 5.32 Å². The van der Waals surface area contributed by atoms with Gasteiger partial charge in [-0.25, -0.2) is 13.2 Å². The summed E-state index contributed by atoms with van der Waals surface area (Å²) in [4.78, 5) is 0. The molecule has 0 fully saturated rings. The van der Waals surface area contributed by atoms with Gasteiger partial charge in [0.15, 0.2) is 0 Å². The van der Waals surface area contributed by atoms with Gasteiger partial charge in [-0.15, -0.1) is 0 Å². The van der Waals surface area contributed by atoms with Crippen molar-refractivity contribution in [1.82, 2.24) is 5.32 Å². The molecule has 21 heavy (non-hydrogen) atoms. The molecule has 0 aliphatic rings. The molecule has 2 rings (SSSR count). The van der Waals surface area contributed by atoms with Crippen LogP contribution in [-0.2, 0) is 13.0 Å². The largest absolute Gasteiger partial charge is 0.310 e. The summed E-state index contributed by atoms with van der Waals surface area (Å²) in [6.07, 6.45) is 0.181. The van der Waals surface area contributed by atoms with Crippen LogP contribution in [0, 0.1) is 17.5 Å². The van der Waals surface area contributed by atoms with Crippen molar-refractivity contribution in [3.63, 3.8) is 0 Å². The third-order valence-electron chi connectivity index (χ3n) is 3.24. The van der Waals surface area contributed by atoms with Crippen molar-refractivity contribution in [2.45, 2.75) is 25.9 Å². The third-order valence-corrected chi connectivity index (χ3v) is 3.54. The van der Waals surface area contributed by atoms with Gasteiger partial charge in [0.05, 0.1) is 5.02 Å². The van der Waals surface area contributed by atoms with E-state index in [1.807, 2.05) is 0 Å². The topological polar surface area (TPSA) is 12.0 Å². The molecule has 1 N–H and O–H groups in total.